The lowest BCUT2D eigenvalue weighted by atomic mass is 10.0. The van der Waals surface area contributed by atoms with E-state index in [0.717, 1.165) is 30.3 Å². The van der Waals surface area contributed by atoms with Crippen LogP contribution >= 0.6 is 0 Å². The molecule has 2 aromatic carbocycles. The fraction of sp³-hybridized carbons (Fsp3) is 0.304. The maximum atomic E-state index is 13.0. The van der Waals surface area contributed by atoms with Gasteiger partial charge < -0.3 is 9.47 Å². The van der Waals surface area contributed by atoms with E-state index in [4.69, 9.17) is 0 Å². The Balaban J connectivity index is 1.68. The Morgan fingerprint density at radius 3 is 2.52 bits per heavy atom. The number of fused-ring (bicyclic) bond motifs is 1. The summed E-state index contributed by atoms with van der Waals surface area (Å²) < 4.78 is 1.93. The highest BCUT2D eigenvalue weighted by atomic mass is 16.2. The number of amides is 1. The Morgan fingerprint density at radius 2 is 1.74 bits per heavy atom. The number of aromatic nitrogens is 1. The highest BCUT2D eigenvalue weighted by molar-refractivity contribution is 6.16. The third kappa shape index (κ3) is 3.39. The van der Waals surface area contributed by atoms with Gasteiger partial charge in [-0.15, -0.1) is 0 Å². The number of piperidine rings is 1. The molecule has 0 spiro atoms. The van der Waals surface area contributed by atoms with Crippen LogP contribution < -0.4 is 0 Å². The van der Waals surface area contributed by atoms with Crippen LogP contribution in [0.3, 0.4) is 0 Å². The van der Waals surface area contributed by atoms with Gasteiger partial charge in [0.05, 0.1) is 0 Å². The van der Waals surface area contributed by atoms with Crippen LogP contribution in [0, 0.1) is 0 Å². The first-order chi connectivity index (χ1) is 13.1. The predicted octanol–water partition coefficient (Wildman–Crippen LogP) is 4.27. The molecule has 0 bridgehead atoms. The van der Waals surface area contributed by atoms with Gasteiger partial charge >= 0.3 is 0 Å². The molecule has 0 radical (unpaired) electrons. The average molecular weight is 360 g/mol. The van der Waals surface area contributed by atoms with Crippen LogP contribution in [-0.4, -0.2) is 33.7 Å². The molecule has 2 heterocycles. The highest BCUT2D eigenvalue weighted by Gasteiger charge is 2.24. The predicted molar refractivity (Wildman–Crippen MR) is 107 cm³/mol. The Hall–Kier alpha value is -2.88. The van der Waals surface area contributed by atoms with E-state index in [1.807, 2.05) is 70.3 Å². The van der Waals surface area contributed by atoms with Gasteiger partial charge in [0.1, 0.15) is 6.54 Å². The van der Waals surface area contributed by atoms with Crippen molar-refractivity contribution in [3.8, 4) is 0 Å². The van der Waals surface area contributed by atoms with Gasteiger partial charge in [0.15, 0.2) is 5.78 Å². The number of nitrogens with zero attached hydrogens (tertiary/aromatic N) is 2. The zero-order valence-electron chi connectivity index (χ0n) is 15.6. The normalized spacial score (nSPS) is 17.2. The topological polar surface area (TPSA) is 42.3 Å². The number of carbonyl (C=O) groups excluding carboxylic acids is 2. The molecule has 27 heavy (non-hydrogen) atoms. The van der Waals surface area contributed by atoms with Gasteiger partial charge in [0.25, 0.3) is 0 Å². The van der Waals surface area contributed by atoms with E-state index in [2.05, 4.69) is 6.92 Å². The van der Waals surface area contributed by atoms with Crippen LogP contribution in [-0.2, 0) is 11.3 Å². The number of ketones is 1. The first-order valence-corrected chi connectivity index (χ1v) is 9.62. The van der Waals surface area contributed by atoms with Crippen LogP contribution in [0.5, 0.6) is 0 Å². The van der Waals surface area contributed by atoms with Crippen molar-refractivity contribution in [2.75, 3.05) is 6.54 Å². The molecule has 4 nitrogen and oxygen atoms in total. The molecule has 1 fully saturated rings. The number of carbonyl (C=O) groups is 2. The second-order valence-electron chi connectivity index (χ2n) is 7.31. The maximum Gasteiger partial charge on any atom is 0.242 e. The lowest BCUT2D eigenvalue weighted by molar-refractivity contribution is -0.135. The third-order valence-corrected chi connectivity index (χ3v) is 5.50. The molecular weight excluding hydrogens is 336 g/mol. The summed E-state index contributed by atoms with van der Waals surface area (Å²) in [4.78, 5) is 27.9. The number of hydrogen-bond donors (Lipinski definition) is 0. The fourth-order valence-corrected chi connectivity index (χ4v) is 4.01. The molecule has 1 unspecified atom stereocenters. The van der Waals surface area contributed by atoms with Gasteiger partial charge in [-0.3, -0.25) is 9.59 Å². The third-order valence-electron chi connectivity index (χ3n) is 5.50. The van der Waals surface area contributed by atoms with Crippen LogP contribution in [0.2, 0.25) is 0 Å². The molecule has 1 aliphatic rings. The Labute approximate surface area is 159 Å². The molecule has 1 amide bonds. The molecule has 1 atom stereocenters. The fourth-order valence-electron chi connectivity index (χ4n) is 4.01. The van der Waals surface area contributed by atoms with Crippen LogP contribution in [0.1, 0.15) is 42.1 Å². The van der Waals surface area contributed by atoms with E-state index >= 15 is 0 Å². The van der Waals surface area contributed by atoms with Gasteiger partial charge in [-0.05, 0) is 32.3 Å². The smallest absolute Gasteiger partial charge is 0.242 e. The van der Waals surface area contributed by atoms with Crippen molar-refractivity contribution in [2.45, 2.75) is 38.8 Å². The van der Waals surface area contributed by atoms with E-state index in [1.165, 1.54) is 6.42 Å². The monoisotopic (exact) mass is 360 g/mol. The van der Waals surface area contributed by atoms with Crippen molar-refractivity contribution in [1.29, 1.82) is 0 Å². The Kier molecular flexibility index (Phi) is 4.80. The summed E-state index contributed by atoms with van der Waals surface area (Å²) in [5.74, 6) is 0.117. The standard InChI is InChI=1S/C23H24N2O2/c1-17-9-7-8-14-25(17)22(26)16-24-15-20(19-12-5-6-13-21(19)24)23(27)18-10-3-2-4-11-18/h2-6,10-13,15,17H,7-9,14,16H2,1H3. The molecule has 3 aromatic rings. The van der Waals surface area contributed by atoms with E-state index < -0.39 is 0 Å². The molecule has 0 N–H and O–H groups in total. The second-order valence-corrected chi connectivity index (χ2v) is 7.31. The Morgan fingerprint density at radius 1 is 1.00 bits per heavy atom. The minimum atomic E-state index is -0.00987. The molecule has 1 aliphatic heterocycles. The minimum Gasteiger partial charge on any atom is -0.338 e. The van der Waals surface area contributed by atoms with Gasteiger partial charge in [-0.1, -0.05) is 48.5 Å². The first kappa shape index (κ1) is 17.5. The van der Waals surface area contributed by atoms with E-state index in [0.29, 0.717) is 17.2 Å². The zero-order chi connectivity index (χ0) is 18.8. The summed E-state index contributed by atoms with van der Waals surface area (Å²) in [6.07, 6.45) is 5.16. The van der Waals surface area contributed by atoms with Crippen LogP contribution in [0.15, 0.2) is 60.8 Å². The van der Waals surface area contributed by atoms with E-state index in [1.54, 1.807) is 0 Å². The minimum absolute atomic E-state index is 0.00987. The molecule has 4 rings (SSSR count). The zero-order valence-corrected chi connectivity index (χ0v) is 15.6. The molecule has 1 saturated heterocycles. The van der Waals surface area contributed by atoms with Crippen molar-refractivity contribution in [2.24, 2.45) is 0 Å². The number of para-hydroxylation sites is 1. The number of rotatable bonds is 4. The van der Waals surface area contributed by atoms with Gasteiger partial charge in [0.2, 0.25) is 5.91 Å². The van der Waals surface area contributed by atoms with Crippen molar-refractivity contribution < 1.29 is 9.59 Å². The van der Waals surface area contributed by atoms with E-state index in [-0.39, 0.29) is 18.2 Å². The summed E-state index contributed by atoms with van der Waals surface area (Å²) in [6, 6.07) is 17.4. The molecule has 1 aromatic heterocycles. The van der Waals surface area contributed by atoms with E-state index in [9.17, 15) is 9.59 Å². The molecule has 0 aliphatic carbocycles. The number of hydrogen-bond acceptors (Lipinski definition) is 2. The van der Waals surface area contributed by atoms with Crippen LogP contribution in [0.25, 0.3) is 10.9 Å². The largest absolute Gasteiger partial charge is 0.338 e. The summed E-state index contributed by atoms with van der Waals surface area (Å²) in [7, 11) is 0. The molecule has 138 valence electrons. The van der Waals surface area contributed by atoms with Gasteiger partial charge in [-0.25, -0.2) is 0 Å². The molecular formula is C23H24N2O2. The lowest BCUT2D eigenvalue weighted by Crippen LogP contribution is -2.43. The van der Waals surface area contributed by atoms with Gasteiger partial charge in [-0.2, -0.15) is 0 Å². The summed E-state index contributed by atoms with van der Waals surface area (Å²) in [5, 5.41) is 0.894. The number of benzene rings is 2. The molecule has 0 saturated carbocycles. The lowest BCUT2D eigenvalue weighted by Gasteiger charge is -2.33. The Bertz CT molecular complexity index is 974. The second kappa shape index (κ2) is 7.39. The van der Waals surface area contributed by atoms with Gasteiger partial charge in [0, 0.05) is 40.8 Å². The first-order valence-electron chi connectivity index (χ1n) is 9.62. The SMILES string of the molecule is CC1CCCCN1C(=O)Cn1cc(C(=O)c2ccccc2)c2ccccc21. The van der Waals surface area contributed by atoms with Crippen molar-refractivity contribution in [3.05, 3.63) is 71.9 Å². The quantitative estimate of drug-likeness (QED) is 0.652. The van der Waals surface area contributed by atoms with Crippen molar-refractivity contribution >= 4 is 22.6 Å². The van der Waals surface area contributed by atoms with Crippen molar-refractivity contribution in [3.63, 3.8) is 0 Å². The molecule has 4 heteroatoms. The average Bonchev–Trinajstić information content (AvgIpc) is 3.07. The van der Waals surface area contributed by atoms with Crippen molar-refractivity contribution in [1.82, 2.24) is 9.47 Å². The summed E-state index contributed by atoms with van der Waals surface area (Å²) in [6.45, 7) is 3.22. The summed E-state index contributed by atoms with van der Waals surface area (Å²) in [5.41, 5.74) is 2.24. The number of likely N-dealkylation sites (tertiary alicyclic amines) is 1. The van der Waals surface area contributed by atoms with Crippen LogP contribution in [0.4, 0.5) is 0 Å². The highest BCUT2D eigenvalue weighted by Crippen LogP contribution is 2.25. The maximum absolute atomic E-state index is 13.0. The summed E-state index contributed by atoms with van der Waals surface area (Å²) >= 11 is 0.